The number of rotatable bonds is 2. The van der Waals surface area contributed by atoms with E-state index >= 15 is 0 Å². The quantitative estimate of drug-likeness (QED) is 0.752. The van der Waals surface area contributed by atoms with Crippen LogP contribution >= 0.6 is 0 Å². The highest BCUT2D eigenvalue weighted by Crippen LogP contribution is 2.16. The molecule has 1 aliphatic rings. The molecule has 0 radical (unpaired) electrons. The summed E-state index contributed by atoms with van der Waals surface area (Å²) < 4.78 is 0. The minimum Gasteiger partial charge on any atom is -0.351 e. The van der Waals surface area contributed by atoms with E-state index in [9.17, 15) is 9.59 Å². The van der Waals surface area contributed by atoms with E-state index in [1.807, 2.05) is 18.7 Å². The van der Waals surface area contributed by atoms with Gasteiger partial charge in [-0.15, -0.1) is 0 Å². The summed E-state index contributed by atoms with van der Waals surface area (Å²) in [5, 5.41) is 0. The topological polar surface area (TPSA) is 66.6 Å². The summed E-state index contributed by atoms with van der Waals surface area (Å²) in [6.45, 7) is 5.26. The van der Waals surface area contributed by atoms with Crippen LogP contribution in [0.3, 0.4) is 0 Å². The predicted octanol–water partition coefficient (Wildman–Crippen LogP) is 0.644. The molecule has 92 valence electrons. The molecule has 0 aromatic carbocycles. The van der Waals surface area contributed by atoms with Crippen LogP contribution in [0, 0.1) is 5.92 Å². The van der Waals surface area contributed by atoms with Crippen LogP contribution in [0.15, 0.2) is 0 Å². The van der Waals surface area contributed by atoms with E-state index in [2.05, 4.69) is 0 Å². The molecule has 0 bridgehead atoms. The molecule has 1 heterocycles. The predicted molar refractivity (Wildman–Crippen MR) is 61.8 cm³/mol. The molecule has 0 atom stereocenters. The average molecular weight is 227 g/mol. The van der Waals surface area contributed by atoms with Crippen molar-refractivity contribution in [3.05, 3.63) is 0 Å². The van der Waals surface area contributed by atoms with Gasteiger partial charge in [-0.3, -0.25) is 4.79 Å². The zero-order chi connectivity index (χ0) is 12.3. The molecule has 1 rings (SSSR count). The Kier molecular flexibility index (Phi) is 4.15. The lowest BCUT2D eigenvalue weighted by molar-refractivity contribution is -0.135. The Bertz CT molecular complexity index is 270. The molecule has 0 aromatic rings. The molecular formula is C11H21N3O2. The Hall–Kier alpha value is -1.26. The van der Waals surface area contributed by atoms with Gasteiger partial charge in [0.25, 0.3) is 0 Å². The molecule has 0 saturated carbocycles. The van der Waals surface area contributed by atoms with Gasteiger partial charge in [-0.25, -0.2) is 4.79 Å². The van der Waals surface area contributed by atoms with Crippen molar-refractivity contribution >= 4 is 11.9 Å². The van der Waals surface area contributed by atoms with Crippen LogP contribution in [0.5, 0.6) is 0 Å². The molecule has 0 spiro atoms. The fourth-order valence-corrected chi connectivity index (χ4v) is 2.02. The zero-order valence-electron chi connectivity index (χ0n) is 10.3. The second-order valence-electron chi connectivity index (χ2n) is 4.66. The van der Waals surface area contributed by atoms with Gasteiger partial charge >= 0.3 is 6.03 Å². The molecule has 0 aromatic heterocycles. The van der Waals surface area contributed by atoms with Crippen molar-refractivity contribution in [1.82, 2.24) is 9.80 Å². The third-order valence-electron chi connectivity index (χ3n) is 3.17. The molecule has 5 nitrogen and oxygen atoms in total. The van der Waals surface area contributed by atoms with Crippen molar-refractivity contribution in [2.24, 2.45) is 11.7 Å². The van der Waals surface area contributed by atoms with Gasteiger partial charge in [0.2, 0.25) is 5.91 Å². The van der Waals surface area contributed by atoms with Crippen LogP contribution in [-0.4, -0.2) is 47.9 Å². The van der Waals surface area contributed by atoms with Crippen molar-refractivity contribution in [2.45, 2.75) is 32.7 Å². The Morgan fingerprint density at radius 2 is 1.81 bits per heavy atom. The van der Waals surface area contributed by atoms with Crippen molar-refractivity contribution in [3.8, 4) is 0 Å². The SMILES string of the molecule is CC(C)C(=O)N1CCC(N(C)C(N)=O)CC1. The van der Waals surface area contributed by atoms with Gasteiger partial charge in [-0.2, -0.15) is 0 Å². The van der Waals surface area contributed by atoms with Gasteiger partial charge in [-0.1, -0.05) is 13.8 Å². The van der Waals surface area contributed by atoms with Crippen LogP contribution in [0.25, 0.3) is 0 Å². The summed E-state index contributed by atoms with van der Waals surface area (Å²) in [7, 11) is 1.72. The Labute approximate surface area is 96.6 Å². The van der Waals surface area contributed by atoms with Crippen molar-refractivity contribution in [3.63, 3.8) is 0 Å². The minimum absolute atomic E-state index is 0.0467. The number of carbonyl (C=O) groups is 2. The smallest absolute Gasteiger partial charge is 0.314 e. The van der Waals surface area contributed by atoms with E-state index in [0.29, 0.717) is 0 Å². The second-order valence-corrected chi connectivity index (χ2v) is 4.66. The molecule has 0 unspecified atom stereocenters. The van der Waals surface area contributed by atoms with Crippen LogP contribution in [0.4, 0.5) is 4.79 Å². The first-order valence-corrected chi connectivity index (χ1v) is 5.74. The Balaban J connectivity index is 2.45. The molecular weight excluding hydrogens is 206 g/mol. The lowest BCUT2D eigenvalue weighted by Crippen LogP contribution is -2.49. The van der Waals surface area contributed by atoms with Crippen molar-refractivity contribution in [1.29, 1.82) is 0 Å². The number of hydrogen-bond acceptors (Lipinski definition) is 2. The van der Waals surface area contributed by atoms with Crippen molar-refractivity contribution < 1.29 is 9.59 Å². The number of carbonyl (C=O) groups excluding carboxylic acids is 2. The standard InChI is InChI=1S/C11H21N3O2/c1-8(2)10(15)14-6-4-9(5-7-14)13(3)11(12)16/h8-9H,4-7H2,1-3H3,(H2,12,16). The van der Waals surface area contributed by atoms with Gasteiger partial charge in [-0.05, 0) is 12.8 Å². The highest BCUT2D eigenvalue weighted by Gasteiger charge is 2.27. The van der Waals surface area contributed by atoms with Crippen LogP contribution in [-0.2, 0) is 4.79 Å². The largest absolute Gasteiger partial charge is 0.351 e. The Morgan fingerprint density at radius 1 is 1.31 bits per heavy atom. The van der Waals surface area contributed by atoms with Gasteiger partial charge in [0.1, 0.15) is 0 Å². The molecule has 2 N–H and O–H groups in total. The monoisotopic (exact) mass is 227 g/mol. The number of primary amides is 1. The maximum absolute atomic E-state index is 11.7. The summed E-state index contributed by atoms with van der Waals surface area (Å²) >= 11 is 0. The molecule has 0 aliphatic carbocycles. The lowest BCUT2D eigenvalue weighted by atomic mass is 10.0. The van der Waals surface area contributed by atoms with E-state index < -0.39 is 6.03 Å². The molecule has 1 saturated heterocycles. The number of urea groups is 1. The Morgan fingerprint density at radius 3 is 2.19 bits per heavy atom. The fourth-order valence-electron chi connectivity index (χ4n) is 2.02. The first kappa shape index (κ1) is 12.8. The van der Waals surface area contributed by atoms with Gasteiger partial charge in [0.15, 0.2) is 0 Å². The number of nitrogens with zero attached hydrogens (tertiary/aromatic N) is 2. The summed E-state index contributed by atoms with van der Waals surface area (Å²) in [6, 6.07) is -0.220. The third kappa shape index (κ3) is 2.87. The molecule has 5 heteroatoms. The highest BCUT2D eigenvalue weighted by molar-refractivity contribution is 5.78. The number of nitrogens with two attached hydrogens (primary N) is 1. The molecule has 1 aliphatic heterocycles. The normalized spacial score (nSPS) is 17.6. The van der Waals surface area contributed by atoms with Gasteiger partial charge in [0, 0.05) is 32.1 Å². The number of piperidine rings is 1. The second kappa shape index (κ2) is 5.18. The number of likely N-dealkylation sites (tertiary alicyclic amines) is 1. The minimum atomic E-state index is -0.395. The number of amides is 3. The van der Waals surface area contributed by atoms with Gasteiger partial charge in [0.05, 0.1) is 0 Å². The highest BCUT2D eigenvalue weighted by atomic mass is 16.2. The van der Waals surface area contributed by atoms with E-state index in [-0.39, 0.29) is 17.9 Å². The summed E-state index contributed by atoms with van der Waals surface area (Å²) in [4.78, 5) is 26.2. The first-order valence-electron chi connectivity index (χ1n) is 5.74. The van der Waals surface area contributed by atoms with Crippen LogP contribution < -0.4 is 5.73 Å². The molecule has 1 fully saturated rings. The summed E-state index contributed by atoms with van der Waals surface area (Å²) in [5.74, 6) is 0.241. The zero-order valence-corrected chi connectivity index (χ0v) is 10.3. The molecule has 16 heavy (non-hydrogen) atoms. The van der Waals surface area contributed by atoms with E-state index in [4.69, 9.17) is 5.73 Å². The number of hydrogen-bond donors (Lipinski definition) is 1. The van der Waals surface area contributed by atoms with Gasteiger partial charge < -0.3 is 15.5 Å². The fraction of sp³-hybridized carbons (Fsp3) is 0.818. The lowest BCUT2D eigenvalue weighted by Gasteiger charge is -2.36. The van der Waals surface area contributed by atoms with Crippen molar-refractivity contribution in [2.75, 3.05) is 20.1 Å². The average Bonchev–Trinajstić information content (AvgIpc) is 2.27. The maximum atomic E-state index is 11.7. The van der Waals surface area contributed by atoms with E-state index in [1.165, 1.54) is 0 Å². The van der Waals surface area contributed by atoms with Crippen LogP contribution in [0.2, 0.25) is 0 Å². The van der Waals surface area contributed by atoms with E-state index in [1.54, 1.807) is 11.9 Å². The van der Waals surface area contributed by atoms with E-state index in [0.717, 1.165) is 25.9 Å². The first-order chi connectivity index (χ1) is 7.43. The summed E-state index contributed by atoms with van der Waals surface area (Å²) in [5.41, 5.74) is 5.22. The third-order valence-corrected chi connectivity index (χ3v) is 3.17. The summed E-state index contributed by atoms with van der Waals surface area (Å²) in [6.07, 6.45) is 1.63. The van der Waals surface area contributed by atoms with Crippen LogP contribution in [0.1, 0.15) is 26.7 Å². The maximum Gasteiger partial charge on any atom is 0.314 e. The molecule has 3 amide bonds.